The van der Waals surface area contributed by atoms with Gasteiger partial charge in [-0.3, -0.25) is 0 Å². The summed E-state index contributed by atoms with van der Waals surface area (Å²) < 4.78 is 33.5. The second-order valence-corrected chi connectivity index (χ2v) is 9.09. The third-order valence-electron chi connectivity index (χ3n) is 4.23. The van der Waals surface area contributed by atoms with Crippen LogP contribution in [0.15, 0.2) is 91.0 Å². The standard InChI is InChI=1S/C20H18F2NOP/c1-23(20(24)17-11-5-2-6-12-17)25(21,22,18-13-7-3-8-14-18)19-15-9-4-10-16-19/h2-16H,1H3. The van der Waals surface area contributed by atoms with Crippen molar-refractivity contribution in [2.45, 2.75) is 0 Å². The van der Waals surface area contributed by atoms with Crippen molar-refractivity contribution < 1.29 is 13.2 Å². The van der Waals surface area contributed by atoms with E-state index in [9.17, 15) is 4.79 Å². The number of carbonyl (C=O) groups excluding carboxylic acids is 1. The van der Waals surface area contributed by atoms with Gasteiger partial charge in [0.25, 0.3) is 0 Å². The average Bonchev–Trinajstić information content (AvgIpc) is 2.69. The zero-order chi connectivity index (χ0) is 17.9. The molecule has 25 heavy (non-hydrogen) atoms. The first-order valence-electron chi connectivity index (χ1n) is 7.84. The molecule has 0 spiro atoms. The van der Waals surface area contributed by atoms with E-state index in [0.29, 0.717) is 4.67 Å². The van der Waals surface area contributed by atoms with Crippen LogP contribution in [0.5, 0.6) is 0 Å². The zero-order valence-corrected chi connectivity index (χ0v) is 14.6. The average molecular weight is 357 g/mol. The molecule has 0 unspecified atom stereocenters. The van der Waals surface area contributed by atoms with E-state index in [2.05, 4.69) is 0 Å². The van der Waals surface area contributed by atoms with Crippen molar-refractivity contribution in [3.05, 3.63) is 96.6 Å². The fourth-order valence-electron chi connectivity index (χ4n) is 2.79. The summed E-state index contributed by atoms with van der Waals surface area (Å²) in [5.41, 5.74) is 0.237. The van der Waals surface area contributed by atoms with E-state index in [1.165, 1.54) is 31.3 Å². The van der Waals surface area contributed by atoms with Crippen molar-refractivity contribution in [2.24, 2.45) is 0 Å². The number of amides is 1. The topological polar surface area (TPSA) is 20.3 Å². The van der Waals surface area contributed by atoms with Crippen LogP contribution < -0.4 is 10.6 Å². The Morgan fingerprint density at radius 2 is 1.08 bits per heavy atom. The van der Waals surface area contributed by atoms with Gasteiger partial charge in [0.2, 0.25) is 0 Å². The summed E-state index contributed by atoms with van der Waals surface area (Å²) in [4.78, 5) is 12.8. The van der Waals surface area contributed by atoms with Gasteiger partial charge in [-0.1, -0.05) is 0 Å². The molecule has 3 aromatic rings. The van der Waals surface area contributed by atoms with Gasteiger partial charge < -0.3 is 0 Å². The fourth-order valence-corrected chi connectivity index (χ4v) is 5.57. The Bertz CT molecular complexity index is 826. The Labute approximate surface area is 145 Å². The van der Waals surface area contributed by atoms with Crippen molar-refractivity contribution in [3.63, 3.8) is 0 Å². The van der Waals surface area contributed by atoms with Crippen molar-refractivity contribution in [2.75, 3.05) is 7.05 Å². The molecule has 0 aliphatic heterocycles. The monoisotopic (exact) mass is 357 g/mol. The van der Waals surface area contributed by atoms with E-state index < -0.39 is 13.3 Å². The van der Waals surface area contributed by atoms with E-state index in [4.69, 9.17) is 0 Å². The Morgan fingerprint density at radius 3 is 1.48 bits per heavy atom. The quantitative estimate of drug-likeness (QED) is 0.623. The zero-order valence-electron chi connectivity index (χ0n) is 13.7. The van der Waals surface area contributed by atoms with E-state index >= 15 is 8.39 Å². The normalized spacial score (nSPS) is 12.8. The Balaban J connectivity index is 2.21. The van der Waals surface area contributed by atoms with E-state index in [1.54, 1.807) is 66.7 Å². The molecule has 0 atom stereocenters. The van der Waals surface area contributed by atoms with Gasteiger partial charge in [0.1, 0.15) is 0 Å². The predicted molar refractivity (Wildman–Crippen MR) is 99.8 cm³/mol. The molecule has 128 valence electrons. The summed E-state index contributed by atoms with van der Waals surface area (Å²) in [6, 6.07) is 23.4. The summed E-state index contributed by atoms with van der Waals surface area (Å²) in [6.45, 7) is 0. The number of halogens is 2. The summed E-state index contributed by atoms with van der Waals surface area (Å²) >= 11 is 0. The van der Waals surface area contributed by atoms with Gasteiger partial charge in [-0.25, -0.2) is 0 Å². The van der Waals surface area contributed by atoms with Crippen LogP contribution in [0, 0.1) is 0 Å². The number of rotatable bonds is 4. The van der Waals surface area contributed by atoms with Gasteiger partial charge >= 0.3 is 145 Å². The minimum atomic E-state index is -5.87. The van der Waals surface area contributed by atoms with E-state index in [-0.39, 0.29) is 16.2 Å². The van der Waals surface area contributed by atoms with Crippen molar-refractivity contribution in [3.8, 4) is 0 Å². The summed E-state index contributed by atoms with van der Waals surface area (Å²) in [5.74, 6) is -0.698. The molecule has 0 saturated heterocycles. The third-order valence-corrected chi connectivity index (χ3v) is 7.82. The van der Waals surface area contributed by atoms with Crippen molar-refractivity contribution >= 4 is 23.9 Å². The third kappa shape index (κ3) is 2.83. The first-order chi connectivity index (χ1) is 11.9. The molecular weight excluding hydrogens is 339 g/mol. The SMILES string of the molecule is CN(C(=O)c1ccccc1)P(F)(F)(c1ccccc1)c1ccccc1. The van der Waals surface area contributed by atoms with Crippen molar-refractivity contribution in [1.82, 2.24) is 4.67 Å². The van der Waals surface area contributed by atoms with Gasteiger partial charge in [0, 0.05) is 0 Å². The van der Waals surface area contributed by atoms with E-state index in [0.717, 1.165) is 0 Å². The fraction of sp³-hybridized carbons (Fsp3) is 0.0500. The molecule has 0 fully saturated rings. The molecular formula is C20H18F2NOP. The van der Waals surface area contributed by atoms with Crippen LogP contribution in [0.1, 0.15) is 10.4 Å². The molecule has 3 aromatic carbocycles. The molecule has 5 heteroatoms. The number of nitrogens with zero attached hydrogens (tertiary/aromatic N) is 1. The summed E-state index contributed by atoms with van der Waals surface area (Å²) in [6.07, 6.45) is 0. The second kappa shape index (κ2) is 6.38. The summed E-state index contributed by atoms with van der Waals surface area (Å²) in [5, 5.41) is -0.266. The molecule has 0 aliphatic carbocycles. The van der Waals surface area contributed by atoms with E-state index in [1.807, 2.05) is 0 Å². The maximum absolute atomic E-state index is 16.4. The van der Waals surface area contributed by atoms with Crippen LogP contribution in [0.3, 0.4) is 0 Å². The van der Waals surface area contributed by atoms with Gasteiger partial charge in [-0.15, -0.1) is 0 Å². The van der Waals surface area contributed by atoms with Crippen LogP contribution in [-0.2, 0) is 0 Å². The predicted octanol–water partition coefficient (Wildman–Crippen LogP) is 4.65. The molecule has 3 rings (SSSR count). The second-order valence-electron chi connectivity index (χ2n) is 5.73. The molecule has 0 radical (unpaired) electrons. The number of carbonyl (C=O) groups is 1. The molecule has 0 aliphatic rings. The van der Waals surface area contributed by atoms with Crippen LogP contribution in [0.4, 0.5) is 8.39 Å². The number of hydrogen-bond acceptors (Lipinski definition) is 1. The van der Waals surface area contributed by atoms with Crippen LogP contribution >= 0.6 is 7.38 Å². The molecule has 0 bridgehead atoms. The molecule has 0 saturated carbocycles. The number of hydrogen-bond donors (Lipinski definition) is 0. The maximum atomic E-state index is 16.4. The molecule has 0 heterocycles. The van der Waals surface area contributed by atoms with Gasteiger partial charge in [0.15, 0.2) is 0 Å². The summed E-state index contributed by atoms with van der Waals surface area (Å²) in [7, 11) is -4.68. The first-order valence-corrected chi connectivity index (χ1v) is 9.81. The van der Waals surface area contributed by atoms with Crippen LogP contribution in [0.2, 0.25) is 0 Å². The molecule has 0 N–H and O–H groups in total. The van der Waals surface area contributed by atoms with Crippen molar-refractivity contribution in [1.29, 1.82) is 0 Å². The molecule has 0 aromatic heterocycles. The van der Waals surface area contributed by atoms with Gasteiger partial charge in [-0.05, 0) is 0 Å². The Morgan fingerprint density at radius 1 is 0.720 bits per heavy atom. The van der Waals surface area contributed by atoms with Crippen LogP contribution in [-0.4, -0.2) is 17.6 Å². The minimum absolute atomic E-state index is 0.133. The Kier molecular flexibility index (Phi) is 4.40. The number of benzene rings is 3. The van der Waals surface area contributed by atoms with Crippen LogP contribution in [0.25, 0.3) is 0 Å². The first kappa shape index (κ1) is 17.2. The van der Waals surface area contributed by atoms with Gasteiger partial charge in [-0.2, -0.15) is 0 Å². The molecule has 2 nitrogen and oxygen atoms in total. The van der Waals surface area contributed by atoms with Gasteiger partial charge in [0.05, 0.1) is 0 Å². The Hall–Kier alpha value is -2.58. The molecule has 1 amide bonds.